The number of hydrogen-bond donors (Lipinski definition) is 2. The van der Waals surface area contributed by atoms with E-state index in [9.17, 15) is 9.59 Å². The Morgan fingerprint density at radius 1 is 1.18 bits per heavy atom. The summed E-state index contributed by atoms with van der Waals surface area (Å²) in [4.78, 5) is 30.4. The van der Waals surface area contributed by atoms with E-state index < -0.39 is 0 Å². The number of methoxy groups -OCH3 is 1. The van der Waals surface area contributed by atoms with Crippen LogP contribution < -0.4 is 15.4 Å². The van der Waals surface area contributed by atoms with Crippen molar-refractivity contribution in [1.29, 1.82) is 0 Å². The lowest BCUT2D eigenvalue weighted by atomic mass is 9.85. The SMILES string of the molecule is COc1ccc(C2CCN(C(C)=O)C[C@@H]2NC(=O)Nc2ccc(C)nc2)cc1. The second kappa shape index (κ2) is 8.73. The Morgan fingerprint density at radius 2 is 1.93 bits per heavy atom. The number of carbonyl (C=O) groups excluding carboxylic acids is 2. The largest absolute Gasteiger partial charge is 0.497 e. The van der Waals surface area contributed by atoms with Crippen molar-refractivity contribution in [3.05, 3.63) is 53.9 Å². The van der Waals surface area contributed by atoms with Crippen molar-refractivity contribution in [2.75, 3.05) is 25.5 Å². The summed E-state index contributed by atoms with van der Waals surface area (Å²) < 4.78 is 5.23. The van der Waals surface area contributed by atoms with E-state index in [1.54, 1.807) is 25.1 Å². The third kappa shape index (κ3) is 4.79. The van der Waals surface area contributed by atoms with E-state index in [4.69, 9.17) is 4.74 Å². The fourth-order valence-electron chi connectivity index (χ4n) is 3.51. The first-order chi connectivity index (χ1) is 13.5. The van der Waals surface area contributed by atoms with Crippen molar-refractivity contribution in [1.82, 2.24) is 15.2 Å². The highest BCUT2D eigenvalue weighted by Crippen LogP contribution is 2.30. The maximum Gasteiger partial charge on any atom is 0.319 e. The average Bonchev–Trinajstić information content (AvgIpc) is 2.69. The van der Waals surface area contributed by atoms with Crippen molar-refractivity contribution in [3.63, 3.8) is 0 Å². The zero-order chi connectivity index (χ0) is 20.1. The molecule has 2 aromatic rings. The number of likely N-dealkylation sites (tertiary alicyclic amines) is 1. The molecule has 1 aliphatic heterocycles. The minimum Gasteiger partial charge on any atom is -0.497 e. The van der Waals surface area contributed by atoms with Gasteiger partial charge in [0, 0.05) is 31.6 Å². The van der Waals surface area contributed by atoms with E-state index in [-0.39, 0.29) is 23.9 Å². The number of aryl methyl sites for hydroxylation is 1. The summed E-state index contributed by atoms with van der Waals surface area (Å²) in [7, 11) is 1.63. The maximum absolute atomic E-state index is 12.5. The number of amides is 3. The number of pyridine rings is 1. The Balaban J connectivity index is 1.73. The quantitative estimate of drug-likeness (QED) is 0.852. The summed E-state index contributed by atoms with van der Waals surface area (Å²) in [5.74, 6) is 0.922. The summed E-state index contributed by atoms with van der Waals surface area (Å²) in [6.45, 7) is 4.60. The van der Waals surface area contributed by atoms with E-state index in [0.29, 0.717) is 18.8 Å². The maximum atomic E-state index is 12.5. The minimum absolute atomic E-state index is 0.0168. The monoisotopic (exact) mass is 382 g/mol. The molecule has 2 atom stereocenters. The number of benzene rings is 1. The van der Waals surface area contributed by atoms with Crippen LogP contribution in [0.3, 0.4) is 0 Å². The van der Waals surface area contributed by atoms with Gasteiger partial charge in [-0.2, -0.15) is 0 Å². The van der Waals surface area contributed by atoms with E-state index >= 15 is 0 Å². The van der Waals surface area contributed by atoms with Crippen LogP contribution >= 0.6 is 0 Å². The summed E-state index contributed by atoms with van der Waals surface area (Å²) in [6, 6.07) is 11.0. The molecule has 1 fully saturated rings. The van der Waals surface area contributed by atoms with Gasteiger partial charge in [0.15, 0.2) is 0 Å². The molecule has 2 heterocycles. The fourth-order valence-corrected chi connectivity index (χ4v) is 3.51. The summed E-state index contributed by atoms with van der Waals surface area (Å²) >= 11 is 0. The van der Waals surface area contributed by atoms with Gasteiger partial charge in [-0.3, -0.25) is 9.78 Å². The van der Waals surface area contributed by atoms with E-state index in [1.165, 1.54) is 0 Å². The predicted octanol–water partition coefficient (Wildman–Crippen LogP) is 2.92. The molecule has 0 bridgehead atoms. The topological polar surface area (TPSA) is 83.6 Å². The smallest absolute Gasteiger partial charge is 0.319 e. The normalized spacial score (nSPS) is 19.0. The van der Waals surface area contributed by atoms with Gasteiger partial charge in [0.05, 0.1) is 25.0 Å². The van der Waals surface area contributed by atoms with Crippen LogP contribution in [0.4, 0.5) is 10.5 Å². The van der Waals surface area contributed by atoms with Gasteiger partial charge in [-0.25, -0.2) is 4.79 Å². The van der Waals surface area contributed by atoms with Crippen LogP contribution in [0.15, 0.2) is 42.6 Å². The van der Waals surface area contributed by atoms with Crippen LogP contribution in [0.2, 0.25) is 0 Å². The standard InChI is InChI=1S/C21H26N4O3/c1-14-4-7-17(12-22-14)23-21(27)24-20-13-25(15(2)26)11-10-19(20)16-5-8-18(28-3)9-6-16/h4-9,12,19-20H,10-11,13H2,1-3H3,(H2,23,24,27)/t19?,20-/m0/s1. The number of carbonyl (C=O) groups is 2. The van der Waals surface area contributed by atoms with E-state index in [0.717, 1.165) is 23.4 Å². The van der Waals surface area contributed by atoms with Gasteiger partial charge in [0.25, 0.3) is 0 Å². The van der Waals surface area contributed by atoms with Crippen molar-refractivity contribution in [2.24, 2.45) is 0 Å². The number of hydrogen-bond acceptors (Lipinski definition) is 4. The van der Waals surface area contributed by atoms with Crippen LogP contribution in [0.25, 0.3) is 0 Å². The van der Waals surface area contributed by atoms with Gasteiger partial charge in [0.1, 0.15) is 5.75 Å². The number of aromatic nitrogens is 1. The molecule has 7 heteroatoms. The summed E-state index contributed by atoms with van der Waals surface area (Å²) in [5.41, 5.74) is 2.63. The van der Waals surface area contributed by atoms with Crippen molar-refractivity contribution >= 4 is 17.6 Å². The highest BCUT2D eigenvalue weighted by atomic mass is 16.5. The van der Waals surface area contributed by atoms with Crippen LogP contribution in [0, 0.1) is 6.92 Å². The third-order valence-corrected chi connectivity index (χ3v) is 5.09. The highest BCUT2D eigenvalue weighted by molar-refractivity contribution is 5.89. The first kappa shape index (κ1) is 19.7. The third-order valence-electron chi connectivity index (χ3n) is 5.09. The van der Waals surface area contributed by atoms with Crippen molar-refractivity contribution in [3.8, 4) is 5.75 Å². The Kier molecular flexibility index (Phi) is 6.13. The molecule has 1 unspecified atom stereocenters. The fraction of sp³-hybridized carbons (Fsp3) is 0.381. The molecule has 1 aliphatic rings. The number of urea groups is 1. The molecular formula is C21H26N4O3. The molecule has 0 spiro atoms. The zero-order valence-corrected chi connectivity index (χ0v) is 16.4. The second-order valence-electron chi connectivity index (χ2n) is 7.03. The molecule has 0 aliphatic carbocycles. The van der Waals surface area contributed by atoms with Gasteiger partial charge in [-0.15, -0.1) is 0 Å². The van der Waals surface area contributed by atoms with Gasteiger partial charge in [-0.05, 0) is 43.2 Å². The summed E-state index contributed by atoms with van der Waals surface area (Å²) in [6.07, 6.45) is 2.40. The van der Waals surface area contributed by atoms with Gasteiger partial charge >= 0.3 is 6.03 Å². The average molecular weight is 382 g/mol. The Bertz CT molecular complexity index is 821. The summed E-state index contributed by atoms with van der Waals surface area (Å²) in [5, 5.41) is 5.86. The van der Waals surface area contributed by atoms with Crippen LogP contribution in [-0.2, 0) is 4.79 Å². The number of rotatable bonds is 4. The molecular weight excluding hydrogens is 356 g/mol. The number of nitrogens with zero attached hydrogens (tertiary/aromatic N) is 2. The number of piperidine rings is 1. The van der Waals surface area contributed by atoms with Crippen LogP contribution in [-0.4, -0.2) is 48.1 Å². The number of nitrogens with one attached hydrogen (secondary N) is 2. The molecule has 1 saturated heterocycles. The molecule has 1 aromatic heterocycles. The minimum atomic E-state index is -0.306. The Labute approximate surface area is 165 Å². The molecule has 3 rings (SSSR count). The first-order valence-corrected chi connectivity index (χ1v) is 9.36. The Hall–Kier alpha value is -3.09. The van der Waals surface area contributed by atoms with Crippen molar-refractivity contribution < 1.29 is 14.3 Å². The predicted molar refractivity (Wildman–Crippen MR) is 108 cm³/mol. The molecule has 7 nitrogen and oxygen atoms in total. The van der Waals surface area contributed by atoms with Gasteiger partial charge in [-0.1, -0.05) is 12.1 Å². The molecule has 148 valence electrons. The molecule has 0 radical (unpaired) electrons. The van der Waals surface area contributed by atoms with E-state index in [2.05, 4.69) is 15.6 Å². The van der Waals surface area contributed by atoms with Crippen molar-refractivity contribution in [2.45, 2.75) is 32.2 Å². The lowest BCUT2D eigenvalue weighted by Gasteiger charge is -2.38. The van der Waals surface area contributed by atoms with E-state index in [1.807, 2.05) is 43.3 Å². The van der Waals surface area contributed by atoms with Crippen LogP contribution in [0.5, 0.6) is 5.75 Å². The zero-order valence-electron chi connectivity index (χ0n) is 16.4. The molecule has 28 heavy (non-hydrogen) atoms. The lowest BCUT2D eigenvalue weighted by Crippen LogP contribution is -2.53. The van der Waals surface area contributed by atoms with Gasteiger partial charge < -0.3 is 20.3 Å². The lowest BCUT2D eigenvalue weighted by molar-refractivity contribution is -0.130. The highest BCUT2D eigenvalue weighted by Gasteiger charge is 2.32. The van der Waals surface area contributed by atoms with Crippen LogP contribution in [0.1, 0.15) is 30.5 Å². The van der Waals surface area contributed by atoms with Gasteiger partial charge in [0.2, 0.25) is 5.91 Å². The number of anilines is 1. The molecule has 2 N–H and O–H groups in total. The first-order valence-electron chi connectivity index (χ1n) is 9.36. The molecule has 1 aromatic carbocycles. The molecule has 0 saturated carbocycles. The molecule has 3 amide bonds. The second-order valence-corrected chi connectivity index (χ2v) is 7.03. The Morgan fingerprint density at radius 3 is 2.54 bits per heavy atom. The number of ether oxygens (including phenoxy) is 1.